The molecule has 1 unspecified atom stereocenters. The molecule has 1 heterocycles. The van der Waals surface area contributed by atoms with E-state index in [-0.39, 0.29) is 17.5 Å². The summed E-state index contributed by atoms with van der Waals surface area (Å²) >= 11 is 0. The van der Waals surface area contributed by atoms with E-state index >= 15 is 0 Å². The van der Waals surface area contributed by atoms with E-state index in [1.54, 1.807) is 0 Å². The van der Waals surface area contributed by atoms with Gasteiger partial charge in [-0.25, -0.2) is 0 Å². The predicted molar refractivity (Wildman–Crippen MR) is 78.5 cm³/mol. The quantitative estimate of drug-likeness (QED) is 0.862. The molecule has 19 heavy (non-hydrogen) atoms. The highest BCUT2D eigenvalue weighted by molar-refractivity contribution is 5.87. The van der Waals surface area contributed by atoms with Crippen molar-refractivity contribution in [1.29, 1.82) is 0 Å². The Morgan fingerprint density at radius 1 is 1.37 bits per heavy atom. The van der Waals surface area contributed by atoms with Crippen LogP contribution in [0, 0.1) is 6.92 Å². The summed E-state index contributed by atoms with van der Waals surface area (Å²) in [4.78, 5) is 14.4. The number of hydrogen-bond donors (Lipinski definition) is 2. The van der Waals surface area contributed by atoms with E-state index < -0.39 is 0 Å². The van der Waals surface area contributed by atoms with Crippen LogP contribution in [0.5, 0.6) is 0 Å². The minimum Gasteiger partial charge on any atom is -0.352 e. The lowest BCUT2D eigenvalue weighted by molar-refractivity contribution is -0.124. The Morgan fingerprint density at radius 2 is 2.00 bits per heavy atom. The molecule has 1 fully saturated rings. The molecular formula is C15H23N3O. The molecule has 1 aliphatic heterocycles. The summed E-state index contributed by atoms with van der Waals surface area (Å²) in [7, 11) is 1.88. The SMILES string of the molecule is CNCC1C(=O)NCC(C)(C)N1c1ccc(C)cc1. The number of likely N-dealkylation sites (N-methyl/N-ethyl adjacent to an activating group) is 1. The van der Waals surface area contributed by atoms with Crippen LogP contribution in [0.2, 0.25) is 0 Å². The normalized spacial score (nSPS) is 22.2. The van der Waals surface area contributed by atoms with Gasteiger partial charge in [0.1, 0.15) is 6.04 Å². The van der Waals surface area contributed by atoms with Gasteiger partial charge in [-0.2, -0.15) is 0 Å². The second-order valence-corrected chi connectivity index (χ2v) is 5.81. The molecule has 0 bridgehead atoms. The summed E-state index contributed by atoms with van der Waals surface area (Å²) in [6.07, 6.45) is 0. The molecule has 1 saturated heterocycles. The lowest BCUT2D eigenvalue weighted by atomic mass is 9.94. The number of amides is 1. The summed E-state index contributed by atoms with van der Waals surface area (Å²) < 4.78 is 0. The van der Waals surface area contributed by atoms with Gasteiger partial charge in [0.05, 0.1) is 5.54 Å². The molecule has 0 saturated carbocycles. The number of carbonyl (C=O) groups excluding carboxylic acids is 1. The van der Waals surface area contributed by atoms with E-state index in [1.165, 1.54) is 5.56 Å². The Labute approximate surface area is 115 Å². The molecule has 2 rings (SSSR count). The third-order valence-electron chi connectivity index (χ3n) is 3.67. The molecule has 1 aliphatic rings. The first-order valence-electron chi connectivity index (χ1n) is 6.74. The molecule has 0 spiro atoms. The molecule has 1 amide bonds. The molecule has 104 valence electrons. The van der Waals surface area contributed by atoms with Gasteiger partial charge in [0.15, 0.2) is 0 Å². The fourth-order valence-electron chi connectivity index (χ4n) is 2.66. The van der Waals surface area contributed by atoms with Crippen molar-refractivity contribution in [3.63, 3.8) is 0 Å². The Bertz CT molecular complexity index is 453. The Morgan fingerprint density at radius 3 is 2.58 bits per heavy atom. The van der Waals surface area contributed by atoms with Gasteiger partial charge >= 0.3 is 0 Å². The average Bonchev–Trinajstić information content (AvgIpc) is 2.36. The van der Waals surface area contributed by atoms with Gasteiger partial charge < -0.3 is 15.5 Å². The molecule has 2 N–H and O–H groups in total. The zero-order chi connectivity index (χ0) is 14.0. The first-order chi connectivity index (χ1) is 8.95. The number of rotatable bonds is 3. The topological polar surface area (TPSA) is 44.4 Å². The highest BCUT2D eigenvalue weighted by Crippen LogP contribution is 2.29. The minimum atomic E-state index is -0.170. The monoisotopic (exact) mass is 261 g/mol. The van der Waals surface area contributed by atoms with Crippen LogP contribution in [0.1, 0.15) is 19.4 Å². The number of nitrogens with zero attached hydrogens (tertiary/aromatic N) is 1. The van der Waals surface area contributed by atoms with Crippen molar-refractivity contribution >= 4 is 11.6 Å². The fourth-order valence-corrected chi connectivity index (χ4v) is 2.66. The maximum atomic E-state index is 12.1. The standard InChI is InChI=1S/C15H23N3O/c1-11-5-7-12(8-6-11)18-13(9-16-4)14(19)17-10-15(18,2)3/h5-8,13,16H,9-10H2,1-4H3,(H,17,19). The van der Waals surface area contributed by atoms with Gasteiger partial charge in [0.25, 0.3) is 0 Å². The zero-order valence-electron chi connectivity index (χ0n) is 12.2. The van der Waals surface area contributed by atoms with Gasteiger partial charge in [0.2, 0.25) is 5.91 Å². The zero-order valence-corrected chi connectivity index (χ0v) is 12.2. The smallest absolute Gasteiger partial charge is 0.244 e. The maximum Gasteiger partial charge on any atom is 0.244 e. The minimum absolute atomic E-state index is 0.0919. The van der Waals surface area contributed by atoms with E-state index in [2.05, 4.69) is 60.6 Å². The van der Waals surface area contributed by atoms with Crippen LogP contribution in [-0.2, 0) is 4.79 Å². The molecule has 1 atom stereocenters. The van der Waals surface area contributed by atoms with Crippen LogP contribution in [0.15, 0.2) is 24.3 Å². The van der Waals surface area contributed by atoms with Crippen molar-refractivity contribution in [1.82, 2.24) is 10.6 Å². The molecular weight excluding hydrogens is 238 g/mol. The van der Waals surface area contributed by atoms with E-state index in [9.17, 15) is 4.79 Å². The lowest BCUT2D eigenvalue weighted by Crippen LogP contribution is -2.68. The van der Waals surface area contributed by atoms with Gasteiger partial charge in [-0.1, -0.05) is 17.7 Å². The second kappa shape index (κ2) is 5.21. The van der Waals surface area contributed by atoms with Crippen LogP contribution in [-0.4, -0.2) is 37.6 Å². The molecule has 0 aromatic heterocycles. The fraction of sp³-hybridized carbons (Fsp3) is 0.533. The van der Waals surface area contributed by atoms with Crippen LogP contribution in [0.25, 0.3) is 0 Å². The maximum absolute atomic E-state index is 12.1. The summed E-state index contributed by atoms with van der Waals surface area (Å²) in [5.74, 6) is 0.0919. The van der Waals surface area contributed by atoms with Gasteiger partial charge in [-0.05, 0) is 40.0 Å². The predicted octanol–water partition coefficient (Wildman–Crippen LogP) is 1.30. The van der Waals surface area contributed by atoms with Crippen LogP contribution in [0.3, 0.4) is 0 Å². The molecule has 4 heteroatoms. The molecule has 1 aromatic rings. The number of benzene rings is 1. The third kappa shape index (κ3) is 2.73. The van der Waals surface area contributed by atoms with E-state index in [0.717, 1.165) is 5.69 Å². The summed E-state index contributed by atoms with van der Waals surface area (Å²) in [6.45, 7) is 7.70. The Kier molecular flexibility index (Phi) is 3.80. The van der Waals surface area contributed by atoms with Crippen molar-refractivity contribution in [2.45, 2.75) is 32.4 Å². The highest BCUT2D eigenvalue weighted by Gasteiger charge is 2.40. The largest absolute Gasteiger partial charge is 0.352 e. The number of aryl methyl sites for hydroxylation is 1. The summed E-state index contributed by atoms with van der Waals surface area (Å²) in [5.41, 5.74) is 2.24. The van der Waals surface area contributed by atoms with Crippen molar-refractivity contribution in [3.05, 3.63) is 29.8 Å². The van der Waals surface area contributed by atoms with Crippen molar-refractivity contribution in [2.75, 3.05) is 25.0 Å². The Balaban J connectivity index is 2.39. The van der Waals surface area contributed by atoms with Gasteiger partial charge in [-0.3, -0.25) is 4.79 Å². The molecule has 0 aliphatic carbocycles. The van der Waals surface area contributed by atoms with Crippen molar-refractivity contribution in [3.8, 4) is 0 Å². The van der Waals surface area contributed by atoms with Crippen molar-refractivity contribution in [2.24, 2.45) is 0 Å². The number of carbonyl (C=O) groups is 1. The highest BCUT2D eigenvalue weighted by atomic mass is 16.2. The number of piperazine rings is 1. The van der Waals surface area contributed by atoms with Crippen LogP contribution < -0.4 is 15.5 Å². The van der Waals surface area contributed by atoms with Crippen LogP contribution >= 0.6 is 0 Å². The Hall–Kier alpha value is -1.55. The number of nitrogens with one attached hydrogen (secondary N) is 2. The third-order valence-corrected chi connectivity index (χ3v) is 3.67. The lowest BCUT2D eigenvalue weighted by Gasteiger charge is -2.48. The summed E-state index contributed by atoms with van der Waals surface area (Å²) in [6, 6.07) is 8.20. The first kappa shape index (κ1) is 13.9. The van der Waals surface area contributed by atoms with E-state index in [0.29, 0.717) is 13.1 Å². The number of anilines is 1. The van der Waals surface area contributed by atoms with Gasteiger partial charge in [-0.15, -0.1) is 0 Å². The van der Waals surface area contributed by atoms with Crippen molar-refractivity contribution < 1.29 is 4.79 Å². The molecule has 4 nitrogen and oxygen atoms in total. The second-order valence-electron chi connectivity index (χ2n) is 5.81. The molecule has 0 radical (unpaired) electrons. The van der Waals surface area contributed by atoms with Crippen LogP contribution in [0.4, 0.5) is 5.69 Å². The number of hydrogen-bond acceptors (Lipinski definition) is 3. The molecule has 1 aromatic carbocycles. The van der Waals surface area contributed by atoms with Gasteiger partial charge in [0, 0.05) is 18.8 Å². The van der Waals surface area contributed by atoms with E-state index in [1.807, 2.05) is 7.05 Å². The van der Waals surface area contributed by atoms with E-state index in [4.69, 9.17) is 0 Å². The average molecular weight is 261 g/mol. The first-order valence-corrected chi connectivity index (χ1v) is 6.74. The summed E-state index contributed by atoms with van der Waals surface area (Å²) in [5, 5.41) is 6.11.